The number of hydrogen-bond acceptors (Lipinski definition) is 2. The van der Waals surface area contributed by atoms with E-state index in [0.717, 1.165) is 14.5 Å². The second kappa shape index (κ2) is 6.36. The van der Waals surface area contributed by atoms with Crippen LogP contribution in [0.5, 0.6) is 0 Å². The van der Waals surface area contributed by atoms with Gasteiger partial charge in [0, 0.05) is 27.0 Å². The highest BCUT2D eigenvalue weighted by Crippen LogP contribution is 2.33. The van der Waals surface area contributed by atoms with Gasteiger partial charge in [-0.05, 0) is 23.8 Å². The van der Waals surface area contributed by atoms with Gasteiger partial charge < -0.3 is 10.8 Å². The summed E-state index contributed by atoms with van der Waals surface area (Å²) in [5.41, 5.74) is 6.81. The van der Waals surface area contributed by atoms with Crippen molar-refractivity contribution in [2.24, 2.45) is 11.1 Å². The average molecular weight is 374 g/mol. The SMILES string of the molecule is CC(C)(CO)[C@@H](N)c1cc(Br)cc(Br)c1.Cl. The lowest BCUT2D eigenvalue weighted by molar-refractivity contribution is 0.132. The Morgan fingerprint density at radius 2 is 1.69 bits per heavy atom. The molecule has 0 heterocycles. The van der Waals surface area contributed by atoms with E-state index in [1.54, 1.807) is 0 Å². The van der Waals surface area contributed by atoms with Gasteiger partial charge in [0.25, 0.3) is 0 Å². The highest BCUT2D eigenvalue weighted by Gasteiger charge is 2.27. The van der Waals surface area contributed by atoms with Crippen LogP contribution in [0.1, 0.15) is 25.5 Å². The van der Waals surface area contributed by atoms with E-state index in [1.165, 1.54) is 0 Å². The molecule has 5 heteroatoms. The molecule has 0 saturated heterocycles. The Balaban J connectivity index is 0.00000225. The zero-order chi connectivity index (χ0) is 11.6. The number of halogens is 3. The highest BCUT2D eigenvalue weighted by molar-refractivity contribution is 9.11. The zero-order valence-corrected chi connectivity index (χ0v) is 13.2. The van der Waals surface area contributed by atoms with Crippen molar-refractivity contribution in [3.63, 3.8) is 0 Å². The number of aliphatic hydroxyl groups is 1. The van der Waals surface area contributed by atoms with E-state index >= 15 is 0 Å². The van der Waals surface area contributed by atoms with Crippen molar-refractivity contribution in [2.45, 2.75) is 19.9 Å². The zero-order valence-electron chi connectivity index (χ0n) is 9.21. The maximum absolute atomic E-state index is 9.26. The number of aliphatic hydroxyl groups excluding tert-OH is 1. The molecule has 1 aromatic rings. The summed E-state index contributed by atoms with van der Waals surface area (Å²) in [6, 6.07) is 5.73. The summed E-state index contributed by atoms with van der Waals surface area (Å²) in [5, 5.41) is 9.26. The normalized spacial score (nSPS) is 13.1. The van der Waals surface area contributed by atoms with Crippen LogP contribution in [0, 0.1) is 5.41 Å². The third-order valence-corrected chi connectivity index (χ3v) is 3.41. The lowest BCUT2D eigenvalue weighted by Crippen LogP contribution is -2.32. The summed E-state index contributed by atoms with van der Waals surface area (Å²) < 4.78 is 1.96. The van der Waals surface area contributed by atoms with Gasteiger partial charge in [-0.2, -0.15) is 0 Å². The standard InChI is InChI=1S/C11H15Br2NO.ClH/c1-11(2,6-15)10(14)7-3-8(12)5-9(13)4-7;/h3-5,10,15H,6,14H2,1-2H3;1H/t10-;/m0./s1. The first-order valence-corrected chi connectivity index (χ1v) is 6.28. The molecular weight excluding hydrogens is 357 g/mol. The number of nitrogens with two attached hydrogens (primary N) is 1. The largest absolute Gasteiger partial charge is 0.396 e. The van der Waals surface area contributed by atoms with E-state index in [4.69, 9.17) is 5.73 Å². The molecule has 0 bridgehead atoms. The maximum Gasteiger partial charge on any atom is 0.0500 e. The van der Waals surface area contributed by atoms with E-state index in [9.17, 15) is 5.11 Å². The topological polar surface area (TPSA) is 46.2 Å². The molecule has 0 amide bonds. The van der Waals surface area contributed by atoms with E-state index in [1.807, 2.05) is 32.0 Å². The van der Waals surface area contributed by atoms with Crippen molar-refractivity contribution in [1.29, 1.82) is 0 Å². The van der Waals surface area contributed by atoms with Gasteiger partial charge in [-0.3, -0.25) is 0 Å². The summed E-state index contributed by atoms with van der Waals surface area (Å²) >= 11 is 6.84. The summed E-state index contributed by atoms with van der Waals surface area (Å²) in [7, 11) is 0. The Kier molecular flexibility index (Phi) is 6.51. The molecule has 0 unspecified atom stereocenters. The van der Waals surface area contributed by atoms with Gasteiger partial charge >= 0.3 is 0 Å². The number of rotatable bonds is 3. The maximum atomic E-state index is 9.26. The Labute approximate surface area is 119 Å². The van der Waals surface area contributed by atoms with Crippen LogP contribution in [0.3, 0.4) is 0 Å². The molecule has 3 N–H and O–H groups in total. The van der Waals surface area contributed by atoms with Gasteiger partial charge in [0.1, 0.15) is 0 Å². The molecule has 0 fully saturated rings. The molecule has 16 heavy (non-hydrogen) atoms. The van der Waals surface area contributed by atoms with Gasteiger partial charge in [-0.15, -0.1) is 12.4 Å². The van der Waals surface area contributed by atoms with Crippen molar-refractivity contribution in [2.75, 3.05) is 6.61 Å². The molecular formula is C11H16Br2ClNO. The molecule has 92 valence electrons. The van der Waals surface area contributed by atoms with Gasteiger partial charge in [0.05, 0.1) is 0 Å². The Morgan fingerprint density at radius 1 is 1.25 bits per heavy atom. The lowest BCUT2D eigenvalue weighted by Gasteiger charge is -2.30. The third-order valence-electron chi connectivity index (χ3n) is 2.49. The lowest BCUT2D eigenvalue weighted by atomic mass is 9.82. The summed E-state index contributed by atoms with van der Waals surface area (Å²) in [6.45, 7) is 3.97. The predicted molar refractivity (Wildman–Crippen MR) is 76.9 cm³/mol. The molecule has 0 aliphatic rings. The van der Waals surface area contributed by atoms with Crippen molar-refractivity contribution in [1.82, 2.24) is 0 Å². The molecule has 0 saturated carbocycles. The minimum Gasteiger partial charge on any atom is -0.396 e. The predicted octanol–water partition coefficient (Wildman–Crippen LogP) is 3.65. The second-order valence-electron chi connectivity index (χ2n) is 4.33. The Hall–Kier alpha value is 0.390. The third kappa shape index (κ3) is 4.00. The summed E-state index contributed by atoms with van der Waals surface area (Å²) in [6.07, 6.45) is 0. The first-order valence-electron chi connectivity index (χ1n) is 4.69. The van der Waals surface area contributed by atoms with Crippen molar-refractivity contribution < 1.29 is 5.11 Å². The average Bonchev–Trinajstić information content (AvgIpc) is 2.15. The van der Waals surface area contributed by atoms with Crippen LogP contribution in [-0.4, -0.2) is 11.7 Å². The fourth-order valence-electron chi connectivity index (χ4n) is 1.30. The molecule has 0 aromatic heterocycles. The number of benzene rings is 1. The number of hydrogen-bond donors (Lipinski definition) is 2. The fraction of sp³-hybridized carbons (Fsp3) is 0.455. The molecule has 0 radical (unpaired) electrons. The van der Waals surface area contributed by atoms with E-state index in [0.29, 0.717) is 0 Å². The second-order valence-corrected chi connectivity index (χ2v) is 6.16. The van der Waals surface area contributed by atoms with Crippen LogP contribution in [0.4, 0.5) is 0 Å². The van der Waals surface area contributed by atoms with Crippen LogP contribution in [0.25, 0.3) is 0 Å². The van der Waals surface area contributed by atoms with Gasteiger partial charge in [-0.25, -0.2) is 0 Å². The molecule has 1 atom stereocenters. The monoisotopic (exact) mass is 371 g/mol. The smallest absolute Gasteiger partial charge is 0.0500 e. The molecule has 1 aromatic carbocycles. The molecule has 1 rings (SSSR count). The molecule has 0 aliphatic heterocycles. The van der Waals surface area contributed by atoms with E-state index in [-0.39, 0.29) is 30.5 Å². The van der Waals surface area contributed by atoms with Gasteiger partial charge in [-0.1, -0.05) is 45.7 Å². The Bertz CT molecular complexity index is 338. The molecule has 2 nitrogen and oxygen atoms in total. The summed E-state index contributed by atoms with van der Waals surface area (Å²) in [5.74, 6) is 0. The van der Waals surface area contributed by atoms with Gasteiger partial charge in [0.2, 0.25) is 0 Å². The van der Waals surface area contributed by atoms with Crippen molar-refractivity contribution >= 4 is 44.3 Å². The first kappa shape index (κ1) is 16.4. The van der Waals surface area contributed by atoms with Crippen molar-refractivity contribution in [3.05, 3.63) is 32.7 Å². The van der Waals surface area contributed by atoms with E-state index in [2.05, 4.69) is 31.9 Å². The minimum atomic E-state index is -0.319. The first-order chi connectivity index (χ1) is 6.86. The minimum absolute atomic E-state index is 0. The van der Waals surface area contributed by atoms with Crippen LogP contribution in [-0.2, 0) is 0 Å². The highest BCUT2D eigenvalue weighted by atomic mass is 79.9. The summed E-state index contributed by atoms with van der Waals surface area (Å²) in [4.78, 5) is 0. The Morgan fingerprint density at radius 3 is 2.06 bits per heavy atom. The van der Waals surface area contributed by atoms with Crippen LogP contribution >= 0.6 is 44.3 Å². The fourth-order valence-corrected chi connectivity index (χ4v) is 2.63. The van der Waals surface area contributed by atoms with Crippen molar-refractivity contribution in [3.8, 4) is 0 Å². The molecule has 0 spiro atoms. The quantitative estimate of drug-likeness (QED) is 0.850. The van der Waals surface area contributed by atoms with E-state index < -0.39 is 0 Å². The van der Waals surface area contributed by atoms with Crippen LogP contribution < -0.4 is 5.73 Å². The van der Waals surface area contributed by atoms with Gasteiger partial charge in [0.15, 0.2) is 0 Å². The van der Waals surface area contributed by atoms with Crippen LogP contribution in [0.2, 0.25) is 0 Å². The van der Waals surface area contributed by atoms with Crippen LogP contribution in [0.15, 0.2) is 27.1 Å². The molecule has 0 aliphatic carbocycles.